The number of amides is 1. The quantitative estimate of drug-likeness (QED) is 0.496. The molecule has 0 fully saturated rings. The summed E-state index contributed by atoms with van der Waals surface area (Å²) in [4.78, 5) is 20.5. The second-order valence-electron chi connectivity index (χ2n) is 2.42. The molecule has 6 heteroatoms. The Morgan fingerprint density at radius 2 is 2.14 bits per heavy atom. The second kappa shape index (κ2) is 3.73. The number of aromatic carboxylic acids is 1. The number of carboxylic acids is 1. The maximum atomic E-state index is 12.9. The lowest BCUT2D eigenvalue weighted by Gasteiger charge is -2.04. The molecule has 0 saturated carbocycles. The average molecular weight is 199 g/mol. The summed E-state index contributed by atoms with van der Waals surface area (Å²) in [6.45, 7) is 0. The summed E-state index contributed by atoms with van der Waals surface area (Å²) in [5.74, 6) is -3.07. The maximum absolute atomic E-state index is 12.9. The Hall–Kier alpha value is -2.11. The van der Waals surface area contributed by atoms with Crippen molar-refractivity contribution < 1.29 is 24.2 Å². The molecule has 5 nitrogen and oxygen atoms in total. The molecule has 0 atom stereocenters. The number of carbonyl (C=O) groups excluding carboxylic acids is 1. The zero-order valence-corrected chi connectivity index (χ0v) is 6.82. The summed E-state index contributed by atoms with van der Waals surface area (Å²) in [6, 6.07) is 1.46. The van der Waals surface area contributed by atoms with Crippen molar-refractivity contribution in [3.63, 3.8) is 0 Å². The zero-order chi connectivity index (χ0) is 10.7. The molecule has 1 rings (SSSR count). The van der Waals surface area contributed by atoms with Gasteiger partial charge in [0, 0.05) is 6.07 Å². The van der Waals surface area contributed by atoms with Gasteiger partial charge in [-0.25, -0.2) is 9.18 Å². The molecule has 0 bridgehead atoms. The number of rotatable bonds is 3. The molecular weight excluding hydrogens is 193 g/mol. The van der Waals surface area contributed by atoms with Crippen LogP contribution in [0.4, 0.5) is 10.1 Å². The molecule has 0 heterocycles. The molecule has 74 valence electrons. The number of hydrogen-bond acceptors (Lipinski definition) is 3. The fourth-order valence-corrected chi connectivity index (χ4v) is 0.906. The number of aromatic hydroxyl groups is 1. The standard InChI is InChI=1S/C8H6FNO4/c9-5-2-7(12)6(10-3-11)1-4(5)8(13)14/h1-3,12H,(H,10,11)(H,13,14). The van der Waals surface area contributed by atoms with E-state index in [0.717, 1.165) is 6.07 Å². The molecule has 0 aromatic heterocycles. The Labute approximate surface area is 77.8 Å². The average Bonchev–Trinajstić information content (AvgIpc) is 2.09. The Kier molecular flexibility index (Phi) is 2.66. The third-order valence-corrected chi connectivity index (χ3v) is 1.53. The largest absolute Gasteiger partial charge is 0.506 e. The number of anilines is 1. The first kappa shape index (κ1) is 9.97. The van der Waals surface area contributed by atoms with Crippen LogP contribution in [-0.4, -0.2) is 22.6 Å². The van der Waals surface area contributed by atoms with Gasteiger partial charge in [-0.05, 0) is 6.07 Å². The molecule has 0 unspecified atom stereocenters. The van der Waals surface area contributed by atoms with Crippen molar-refractivity contribution >= 4 is 18.1 Å². The summed E-state index contributed by atoms with van der Waals surface area (Å²) in [5, 5.41) is 19.6. The zero-order valence-electron chi connectivity index (χ0n) is 6.82. The van der Waals surface area contributed by atoms with Gasteiger partial charge in [-0.3, -0.25) is 4.79 Å². The van der Waals surface area contributed by atoms with E-state index in [0.29, 0.717) is 6.07 Å². The number of halogens is 1. The van der Waals surface area contributed by atoms with Gasteiger partial charge in [0.15, 0.2) is 0 Å². The van der Waals surface area contributed by atoms with Crippen LogP contribution in [0.1, 0.15) is 10.4 Å². The van der Waals surface area contributed by atoms with E-state index in [9.17, 15) is 14.0 Å². The van der Waals surface area contributed by atoms with E-state index in [1.807, 2.05) is 5.32 Å². The molecule has 0 radical (unpaired) electrons. The van der Waals surface area contributed by atoms with Crippen molar-refractivity contribution in [2.75, 3.05) is 5.32 Å². The monoisotopic (exact) mass is 199 g/mol. The van der Waals surface area contributed by atoms with Crippen LogP contribution in [0.5, 0.6) is 5.75 Å². The molecule has 1 aromatic carbocycles. The first-order valence-corrected chi connectivity index (χ1v) is 3.52. The van der Waals surface area contributed by atoms with Crippen LogP contribution >= 0.6 is 0 Å². The van der Waals surface area contributed by atoms with Crippen molar-refractivity contribution in [1.82, 2.24) is 0 Å². The van der Waals surface area contributed by atoms with Gasteiger partial charge >= 0.3 is 5.97 Å². The van der Waals surface area contributed by atoms with Crippen LogP contribution in [0.3, 0.4) is 0 Å². The number of benzene rings is 1. The van der Waals surface area contributed by atoms with Gasteiger partial charge < -0.3 is 15.5 Å². The lowest BCUT2D eigenvalue weighted by Crippen LogP contribution is -2.03. The second-order valence-corrected chi connectivity index (χ2v) is 2.42. The molecule has 0 saturated heterocycles. The van der Waals surface area contributed by atoms with Gasteiger partial charge in [0.05, 0.1) is 11.3 Å². The molecule has 1 aromatic rings. The normalized spacial score (nSPS) is 9.50. The smallest absolute Gasteiger partial charge is 0.338 e. The molecule has 1 amide bonds. The van der Waals surface area contributed by atoms with Gasteiger partial charge in [0.2, 0.25) is 6.41 Å². The van der Waals surface area contributed by atoms with Crippen molar-refractivity contribution in [3.05, 3.63) is 23.5 Å². The Balaban J connectivity index is 3.26. The van der Waals surface area contributed by atoms with Crippen LogP contribution in [0, 0.1) is 5.82 Å². The third kappa shape index (κ3) is 1.79. The van der Waals surface area contributed by atoms with Crippen LogP contribution in [-0.2, 0) is 4.79 Å². The van der Waals surface area contributed by atoms with E-state index in [4.69, 9.17) is 10.2 Å². The van der Waals surface area contributed by atoms with Crippen molar-refractivity contribution in [1.29, 1.82) is 0 Å². The minimum atomic E-state index is -1.48. The molecule has 14 heavy (non-hydrogen) atoms. The van der Waals surface area contributed by atoms with Crippen LogP contribution in [0.25, 0.3) is 0 Å². The fourth-order valence-electron chi connectivity index (χ4n) is 0.906. The van der Waals surface area contributed by atoms with Gasteiger partial charge in [-0.1, -0.05) is 0 Å². The number of hydrogen-bond donors (Lipinski definition) is 3. The SMILES string of the molecule is O=CNc1cc(C(=O)O)c(F)cc1O. The van der Waals surface area contributed by atoms with E-state index in [-0.39, 0.29) is 12.1 Å². The Bertz CT molecular complexity index is 391. The highest BCUT2D eigenvalue weighted by atomic mass is 19.1. The van der Waals surface area contributed by atoms with Crippen LogP contribution in [0.15, 0.2) is 12.1 Å². The molecule has 0 aliphatic rings. The van der Waals surface area contributed by atoms with E-state index >= 15 is 0 Å². The van der Waals surface area contributed by atoms with E-state index in [1.165, 1.54) is 0 Å². The lowest BCUT2D eigenvalue weighted by atomic mass is 10.1. The van der Waals surface area contributed by atoms with Crippen molar-refractivity contribution in [2.45, 2.75) is 0 Å². The van der Waals surface area contributed by atoms with Crippen molar-refractivity contribution in [2.24, 2.45) is 0 Å². The number of phenolic OH excluding ortho intramolecular Hbond substituents is 1. The minimum Gasteiger partial charge on any atom is -0.506 e. The predicted octanol–water partition coefficient (Wildman–Crippen LogP) is 0.798. The highest BCUT2D eigenvalue weighted by Crippen LogP contribution is 2.26. The van der Waals surface area contributed by atoms with Crippen LogP contribution < -0.4 is 5.32 Å². The molecule has 3 N–H and O–H groups in total. The van der Waals surface area contributed by atoms with E-state index < -0.39 is 23.1 Å². The molecule has 0 spiro atoms. The van der Waals surface area contributed by atoms with Gasteiger partial charge in [0.25, 0.3) is 0 Å². The van der Waals surface area contributed by atoms with E-state index in [1.54, 1.807) is 0 Å². The highest BCUT2D eigenvalue weighted by molar-refractivity contribution is 5.91. The van der Waals surface area contributed by atoms with Gasteiger partial charge in [-0.2, -0.15) is 0 Å². The molecular formula is C8H6FNO4. The highest BCUT2D eigenvalue weighted by Gasteiger charge is 2.14. The Morgan fingerprint density at radius 3 is 2.64 bits per heavy atom. The number of carboxylic acid groups (broad SMARTS) is 1. The predicted molar refractivity (Wildman–Crippen MR) is 44.7 cm³/mol. The lowest BCUT2D eigenvalue weighted by molar-refractivity contribution is -0.105. The van der Waals surface area contributed by atoms with Crippen molar-refractivity contribution in [3.8, 4) is 5.75 Å². The van der Waals surface area contributed by atoms with Crippen LogP contribution in [0.2, 0.25) is 0 Å². The summed E-state index contributed by atoms with van der Waals surface area (Å²) >= 11 is 0. The summed E-state index contributed by atoms with van der Waals surface area (Å²) in [6.07, 6.45) is 0.249. The minimum absolute atomic E-state index is 0.154. The maximum Gasteiger partial charge on any atom is 0.338 e. The van der Waals surface area contributed by atoms with Gasteiger partial charge in [0.1, 0.15) is 11.6 Å². The third-order valence-electron chi connectivity index (χ3n) is 1.53. The van der Waals surface area contributed by atoms with E-state index in [2.05, 4.69) is 0 Å². The molecule has 0 aliphatic heterocycles. The molecule has 0 aliphatic carbocycles. The topological polar surface area (TPSA) is 86.6 Å². The summed E-state index contributed by atoms with van der Waals surface area (Å²) in [7, 11) is 0. The fraction of sp³-hybridized carbons (Fsp3) is 0. The number of nitrogens with one attached hydrogen (secondary N) is 1. The first-order chi connectivity index (χ1) is 6.56. The number of phenols is 1. The van der Waals surface area contributed by atoms with Gasteiger partial charge in [-0.15, -0.1) is 0 Å². The first-order valence-electron chi connectivity index (χ1n) is 3.52. The number of carbonyl (C=O) groups is 2. The Morgan fingerprint density at radius 1 is 1.50 bits per heavy atom. The summed E-state index contributed by atoms with van der Waals surface area (Å²) in [5.41, 5.74) is -0.772. The summed E-state index contributed by atoms with van der Waals surface area (Å²) < 4.78 is 12.9.